The van der Waals surface area contributed by atoms with Gasteiger partial charge in [-0.05, 0) is 24.3 Å². The lowest BCUT2D eigenvalue weighted by Crippen LogP contribution is -2.02. The fourth-order valence-corrected chi connectivity index (χ4v) is 1.30. The number of nitrogens with zero attached hydrogens (tertiary/aromatic N) is 1. The highest BCUT2D eigenvalue weighted by atomic mass is 16.1. The van der Waals surface area contributed by atoms with Crippen LogP contribution in [0.15, 0.2) is 30.5 Å². The molecule has 2 nitrogen and oxygen atoms in total. The van der Waals surface area contributed by atoms with Gasteiger partial charge in [0.2, 0.25) is 5.91 Å². The van der Waals surface area contributed by atoms with Gasteiger partial charge in [0.15, 0.2) is 0 Å². The molecule has 0 N–H and O–H groups in total. The third-order valence-electron chi connectivity index (χ3n) is 1.87. The number of aromatic nitrogens is 1. The van der Waals surface area contributed by atoms with Gasteiger partial charge in [-0.25, -0.2) is 0 Å². The van der Waals surface area contributed by atoms with Gasteiger partial charge in [0, 0.05) is 18.5 Å². The van der Waals surface area contributed by atoms with E-state index in [0.29, 0.717) is 0 Å². The van der Waals surface area contributed by atoms with Gasteiger partial charge >= 0.3 is 0 Å². The van der Waals surface area contributed by atoms with Crippen LogP contribution in [0.5, 0.6) is 0 Å². The summed E-state index contributed by atoms with van der Waals surface area (Å²) in [7, 11) is 0. The molecule has 0 aliphatic carbocycles. The van der Waals surface area contributed by atoms with Crippen molar-refractivity contribution in [3.05, 3.63) is 36.5 Å². The molecule has 0 atom stereocenters. The van der Waals surface area contributed by atoms with Crippen molar-refractivity contribution in [2.45, 2.75) is 6.92 Å². The summed E-state index contributed by atoms with van der Waals surface area (Å²) in [6.45, 7) is 1.55. The number of fused-ring (bicyclic) bond motifs is 1. The molecule has 1 heterocycles. The average Bonchev–Trinajstić information content (AvgIpc) is 2.47. The molecule has 0 aliphatic heterocycles. The van der Waals surface area contributed by atoms with Crippen molar-refractivity contribution in [2.24, 2.45) is 0 Å². The van der Waals surface area contributed by atoms with Crippen molar-refractivity contribution in [3.8, 4) is 0 Å². The van der Waals surface area contributed by atoms with Crippen LogP contribution in [0.3, 0.4) is 0 Å². The molecule has 0 saturated heterocycles. The first-order valence-electron chi connectivity index (χ1n) is 3.77. The van der Waals surface area contributed by atoms with E-state index in [-0.39, 0.29) is 5.91 Å². The SMILES string of the molecule is CC(=O)n1ccc2c[c]ccc21. The largest absolute Gasteiger partial charge is 0.287 e. The van der Waals surface area contributed by atoms with Crippen LogP contribution in [0.4, 0.5) is 0 Å². The van der Waals surface area contributed by atoms with Crippen LogP contribution in [0.1, 0.15) is 11.7 Å². The highest BCUT2D eigenvalue weighted by molar-refractivity contribution is 5.91. The molecule has 0 saturated carbocycles. The summed E-state index contributed by atoms with van der Waals surface area (Å²) in [4.78, 5) is 11.1. The standard InChI is InChI=1S/C10H8NO/c1-8(12)11-7-6-9-4-2-3-5-10(9)11/h3-7H,1H3. The molecule has 2 rings (SSSR count). The van der Waals surface area contributed by atoms with E-state index in [4.69, 9.17) is 0 Å². The summed E-state index contributed by atoms with van der Waals surface area (Å²) in [6.07, 6.45) is 1.78. The smallest absolute Gasteiger partial charge is 0.227 e. The molecular weight excluding hydrogens is 150 g/mol. The number of benzene rings is 1. The van der Waals surface area contributed by atoms with E-state index in [1.807, 2.05) is 24.3 Å². The van der Waals surface area contributed by atoms with E-state index in [2.05, 4.69) is 6.07 Å². The molecular formula is C10H8NO. The van der Waals surface area contributed by atoms with Gasteiger partial charge < -0.3 is 0 Å². The maximum absolute atomic E-state index is 11.1. The molecule has 1 aromatic heterocycles. The van der Waals surface area contributed by atoms with Crippen molar-refractivity contribution < 1.29 is 4.79 Å². The number of rotatable bonds is 0. The third-order valence-corrected chi connectivity index (χ3v) is 1.87. The van der Waals surface area contributed by atoms with E-state index in [1.165, 1.54) is 0 Å². The predicted octanol–water partition coefficient (Wildman–Crippen LogP) is 2.10. The molecule has 0 amide bonds. The third kappa shape index (κ3) is 0.925. The molecule has 2 aromatic rings. The number of carbonyl (C=O) groups excluding carboxylic acids is 1. The molecule has 0 bridgehead atoms. The minimum Gasteiger partial charge on any atom is -0.287 e. The van der Waals surface area contributed by atoms with E-state index in [9.17, 15) is 4.79 Å². The van der Waals surface area contributed by atoms with E-state index in [1.54, 1.807) is 17.7 Å². The van der Waals surface area contributed by atoms with Gasteiger partial charge in [-0.3, -0.25) is 9.36 Å². The van der Waals surface area contributed by atoms with Crippen LogP contribution in [0.25, 0.3) is 10.9 Å². The Balaban J connectivity index is 2.79. The summed E-state index contributed by atoms with van der Waals surface area (Å²) >= 11 is 0. The van der Waals surface area contributed by atoms with Gasteiger partial charge in [0.05, 0.1) is 5.52 Å². The zero-order valence-corrected chi connectivity index (χ0v) is 6.74. The lowest BCUT2D eigenvalue weighted by molar-refractivity contribution is 0.0941. The van der Waals surface area contributed by atoms with Gasteiger partial charge in [-0.2, -0.15) is 0 Å². The Morgan fingerprint density at radius 3 is 3.08 bits per heavy atom. The molecule has 0 unspecified atom stereocenters. The quantitative estimate of drug-likeness (QED) is 0.575. The van der Waals surface area contributed by atoms with Crippen LogP contribution in [0.2, 0.25) is 0 Å². The zero-order valence-electron chi connectivity index (χ0n) is 6.74. The second-order valence-electron chi connectivity index (χ2n) is 2.69. The van der Waals surface area contributed by atoms with Gasteiger partial charge in [-0.1, -0.05) is 6.07 Å². The highest BCUT2D eigenvalue weighted by Gasteiger charge is 2.01. The molecule has 59 valence electrons. The van der Waals surface area contributed by atoms with Gasteiger partial charge in [-0.15, -0.1) is 0 Å². The second-order valence-corrected chi connectivity index (χ2v) is 2.69. The Kier molecular flexibility index (Phi) is 1.47. The topological polar surface area (TPSA) is 22.0 Å². The first-order chi connectivity index (χ1) is 5.79. The van der Waals surface area contributed by atoms with Crippen LogP contribution in [-0.4, -0.2) is 10.5 Å². The normalized spacial score (nSPS) is 10.4. The molecule has 1 radical (unpaired) electrons. The van der Waals surface area contributed by atoms with Crippen LogP contribution >= 0.6 is 0 Å². The lowest BCUT2D eigenvalue weighted by Gasteiger charge is -1.96. The predicted molar refractivity (Wildman–Crippen MR) is 47.1 cm³/mol. The number of carbonyl (C=O) groups is 1. The first kappa shape index (κ1) is 7.10. The van der Waals surface area contributed by atoms with Crippen LogP contribution in [0, 0.1) is 6.07 Å². The van der Waals surface area contributed by atoms with Crippen molar-refractivity contribution >= 4 is 16.8 Å². The number of hydrogen-bond acceptors (Lipinski definition) is 1. The van der Waals surface area contributed by atoms with Crippen molar-refractivity contribution in [1.29, 1.82) is 0 Å². The van der Waals surface area contributed by atoms with Crippen molar-refractivity contribution in [1.82, 2.24) is 4.57 Å². The maximum Gasteiger partial charge on any atom is 0.227 e. The summed E-state index contributed by atoms with van der Waals surface area (Å²) in [6, 6.07) is 10.4. The molecule has 12 heavy (non-hydrogen) atoms. The maximum atomic E-state index is 11.1. The summed E-state index contributed by atoms with van der Waals surface area (Å²) in [5, 5.41) is 1.05. The van der Waals surface area contributed by atoms with E-state index >= 15 is 0 Å². The lowest BCUT2D eigenvalue weighted by atomic mass is 10.2. The first-order valence-corrected chi connectivity index (χ1v) is 3.77. The Hall–Kier alpha value is -1.57. The molecule has 2 heteroatoms. The minimum absolute atomic E-state index is 0.0381. The molecule has 0 aliphatic rings. The fourth-order valence-electron chi connectivity index (χ4n) is 1.30. The van der Waals surface area contributed by atoms with Gasteiger partial charge in [0.25, 0.3) is 0 Å². The summed E-state index contributed by atoms with van der Waals surface area (Å²) in [5.74, 6) is 0.0381. The summed E-state index contributed by atoms with van der Waals surface area (Å²) in [5.41, 5.74) is 0.946. The van der Waals surface area contributed by atoms with Gasteiger partial charge in [0.1, 0.15) is 0 Å². The average molecular weight is 158 g/mol. The highest BCUT2D eigenvalue weighted by Crippen LogP contribution is 2.13. The van der Waals surface area contributed by atoms with Crippen LogP contribution in [-0.2, 0) is 0 Å². The van der Waals surface area contributed by atoms with Crippen molar-refractivity contribution in [2.75, 3.05) is 0 Å². The molecule has 0 spiro atoms. The Bertz CT molecular complexity index is 428. The second kappa shape index (κ2) is 2.48. The minimum atomic E-state index is 0.0381. The van der Waals surface area contributed by atoms with Crippen molar-refractivity contribution in [3.63, 3.8) is 0 Å². The number of hydrogen-bond donors (Lipinski definition) is 0. The molecule has 1 aromatic carbocycles. The Morgan fingerprint density at radius 2 is 2.33 bits per heavy atom. The monoisotopic (exact) mass is 158 g/mol. The summed E-state index contributed by atoms with van der Waals surface area (Å²) < 4.78 is 1.63. The Morgan fingerprint density at radius 1 is 1.50 bits per heavy atom. The molecule has 0 fully saturated rings. The van der Waals surface area contributed by atoms with E-state index < -0.39 is 0 Å². The van der Waals surface area contributed by atoms with Crippen LogP contribution < -0.4 is 0 Å². The van der Waals surface area contributed by atoms with E-state index in [0.717, 1.165) is 10.9 Å². The zero-order chi connectivity index (χ0) is 8.55. The fraction of sp³-hybridized carbons (Fsp3) is 0.100. The Labute approximate surface area is 70.4 Å².